The SMILES string of the molecule is C[C@@H](Oc1ccc(/C=C2\C(=O)NC(=S)N(c3cccc(Cl)c3Cl)C2=O)cc1)C(=O)O. The van der Waals surface area contributed by atoms with Gasteiger partial charge in [0.1, 0.15) is 11.3 Å². The molecule has 3 rings (SSSR count). The van der Waals surface area contributed by atoms with Crippen molar-refractivity contribution in [3.05, 3.63) is 63.6 Å². The maximum absolute atomic E-state index is 13.0. The summed E-state index contributed by atoms with van der Waals surface area (Å²) >= 11 is 17.4. The summed E-state index contributed by atoms with van der Waals surface area (Å²) in [7, 11) is 0. The fourth-order valence-corrected chi connectivity index (χ4v) is 3.26. The minimum atomic E-state index is -1.10. The molecule has 1 saturated heterocycles. The Morgan fingerprint density at radius 3 is 2.50 bits per heavy atom. The molecule has 7 nitrogen and oxygen atoms in total. The second-order valence-electron chi connectivity index (χ2n) is 6.20. The lowest BCUT2D eigenvalue weighted by Gasteiger charge is -2.29. The number of ether oxygens (including phenoxy) is 1. The zero-order chi connectivity index (χ0) is 22.0. The lowest BCUT2D eigenvalue weighted by atomic mass is 10.1. The monoisotopic (exact) mass is 464 g/mol. The number of rotatable bonds is 5. The van der Waals surface area contributed by atoms with Gasteiger partial charge in [-0.05, 0) is 55.0 Å². The Morgan fingerprint density at radius 2 is 1.87 bits per heavy atom. The average molecular weight is 465 g/mol. The number of thiocarbonyl (C=S) groups is 1. The minimum Gasteiger partial charge on any atom is -0.479 e. The fourth-order valence-electron chi connectivity index (χ4n) is 2.61. The first-order valence-corrected chi connectivity index (χ1v) is 9.70. The molecule has 1 aliphatic rings. The number of carboxylic acid groups (broad SMARTS) is 1. The fraction of sp³-hybridized carbons (Fsp3) is 0.100. The van der Waals surface area contributed by atoms with Gasteiger partial charge in [0.15, 0.2) is 11.2 Å². The molecule has 2 aromatic carbocycles. The third-order valence-electron chi connectivity index (χ3n) is 4.13. The topological polar surface area (TPSA) is 95.9 Å². The smallest absolute Gasteiger partial charge is 0.344 e. The molecule has 0 aliphatic carbocycles. The van der Waals surface area contributed by atoms with E-state index in [0.717, 1.165) is 4.90 Å². The number of hydrogen-bond acceptors (Lipinski definition) is 5. The van der Waals surface area contributed by atoms with Gasteiger partial charge in [0.25, 0.3) is 11.8 Å². The first-order valence-electron chi connectivity index (χ1n) is 8.54. The van der Waals surface area contributed by atoms with Crippen molar-refractivity contribution in [1.29, 1.82) is 0 Å². The molecule has 1 atom stereocenters. The Kier molecular flexibility index (Phi) is 6.40. The van der Waals surface area contributed by atoms with Crippen LogP contribution in [0, 0.1) is 0 Å². The summed E-state index contributed by atoms with van der Waals surface area (Å²) in [5, 5.41) is 11.6. The predicted molar refractivity (Wildman–Crippen MR) is 117 cm³/mol. The van der Waals surface area contributed by atoms with Crippen LogP contribution in [0.3, 0.4) is 0 Å². The number of carbonyl (C=O) groups is 3. The summed E-state index contributed by atoms with van der Waals surface area (Å²) in [6.07, 6.45) is 0.367. The van der Waals surface area contributed by atoms with Crippen LogP contribution < -0.4 is 15.0 Å². The zero-order valence-corrected chi connectivity index (χ0v) is 17.7. The highest BCUT2D eigenvalue weighted by Crippen LogP contribution is 2.34. The molecule has 0 aromatic heterocycles. The van der Waals surface area contributed by atoms with Gasteiger partial charge >= 0.3 is 5.97 Å². The van der Waals surface area contributed by atoms with Gasteiger partial charge in [0.2, 0.25) is 0 Å². The maximum atomic E-state index is 13.0. The molecule has 0 bridgehead atoms. The van der Waals surface area contributed by atoms with Crippen LogP contribution in [-0.4, -0.2) is 34.1 Å². The Balaban J connectivity index is 1.91. The molecule has 30 heavy (non-hydrogen) atoms. The van der Waals surface area contributed by atoms with Crippen molar-refractivity contribution < 1.29 is 24.2 Å². The van der Waals surface area contributed by atoms with Crippen LogP contribution in [0.1, 0.15) is 12.5 Å². The van der Waals surface area contributed by atoms with Gasteiger partial charge in [-0.25, -0.2) is 4.79 Å². The van der Waals surface area contributed by atoms with Gasteiger partial charge in [-0.2, -0.15) is 0 Å². The molecule has 154 valence electrons. The first-order chi connectivity index (χ1) is 14.2. The van der Waals surface area contributed by atoms with Crippen molar-refractivity contribution in [2.75, 3.05) is 4.90 Å². The van der Waals surface area contributed by atoms with Crippen LogP contribution in [0.25, 0.3) is 6.08 Å². The van der Waals surface area contributed by atoms with Gasteiger partial charge in [0, 0.05) is 0 Å². The summed E-state index contributed by atoms with van der Waals surface area (Å²) in [5.74, 6) is -2.08. The summed E-state index contributed by atoms with van der Waals surface area (Å²) in [6, 6.07) is 11.0. The van der Waals surface area contributed by atoms with Gasteiger partial charge in [0.05, 0.1) is 15.7 Å². The molecular formula is C20H14Cl2N2O5S. The molecule has 10 heteroatoms. The molecule has 1 heterocycles. The van der Waals surface area contributed by atoms with Crippen LogP contribution in [0.2, 0.25) is 10.0 Å². The molecule has 2 N–H and O–H groups in total. The molecule has 1 fully saturated rings. The Bertz CT molecular complexity index is 1090. The molecule has 0 spiro atoms. The normalized spacial score (nSPS) is 16.4. The highest BCUT2D eigenvalue weighted by molar-refractivity contribution is 7.80. The van der Waals surface area contributed by atoms with E-state index in [4.69, 9.17) is 45.3 Å². The van der Waals surface area contributed by atoms with E-state index in [1.807, 2.05) is 0 Å². The number of halogens is 2. The van der Waals surface area contributed by atoms with E-state index in [1.165, 1.54) is 25.1 Å². The van der Waals surface area contributed by atoms with E-state index in [0.29, 0.717) is 11.3 Å². The number of benzene rings is 2. The highest BCUT2D eigenvalue weighted by atomic mass is 35.5. The van der Waals surface area contributed by atoms with Crippen LogP contribution in [0.4, 0.5) is 5.69 Å². The second kappa shape index (κ2) is 8.83. The van der Waals surface area contributed by atoms with Crippen LogP contribution in [0.15, 0.2) is 48.0 Å². The minimum absolute atomic E-state index is 0.113. The van der Waals surface area contributed by atoms with Crippen molar-refractivity contribution in [2.24, 2.45) is 0 Å². The Morgan fingerprint density at radius 1 is 1.20 bits per heavy atom. The quantitative estimate of drug-likeness (QED) is 0.398. The average Bonchev–Trinajstić information content (AvgIpc) is 2.69. The van der Waals surface area contributed by atoms with E-state index in [9.17, 15) is 14.4 Å². The number of anilines is 1. The summed E-state index contributed by atoms with van der Waals surface area (Å²) < 4.78 is 5.26. The number of hydrogen-bond donors (Lipinski definition) is 2. The second-order valence-corrected chi connectivity index (χ2v) is 7.37. The summed E-state index contributed by atoms with van der Waals surface area (Å²) in [4.78, 5) is 37.4. The summed E-state index contributed by atoms with van der Waals surface area (Å²) in [5.41, 5.74) is 0.609. The third kappa shape index (κ3) is 4.46. The molecule has 2 aromatic rings. The van der Waals surface area contributed by atoms with Crippen molar-refractivity contribution in [3.63, 3.8) is 0 Å². The van der Waals surface area contributed by atoms with E-state index >= 15 is 0 Å². The predicted octanol–water partition coefficient (Wildman–Crippen LogP) is 3.68. The number of carbonyl (C=O) groups excluding carboxylic acids is 2. The van der Waals surface area contributed by atoms with Crippen molar-refractivity contribution in [3.8, 4) is 5.75 Å². The van der Waals surface area contributed by atoms with Gasteiger partial charge in [-0.3, -0.25) is 19.8 Å². The Hall–Kier alpha value is -2.94. The van der Waals surface area contributed by atoms with E-state index in [2.05, 4.69) is 5.32 Å². The van der Waals surface area contributed by atoms with Crippen LogP contribution >= 0.6 is 35.4 Å². The number of nitrogens with zero attached hydrogens (tertiary/aromatic N) is 1. The number of amides is 2. The molecule has 0 unspecified atom stereocenters. The van der Waals surface area contributed by atoms with E-state index < -0.39 is 23.9 Å². The van der Waals surface area contributed by atoms with Gasteiger partial charge in [-0.1, -0.05) is 41.4 Å². The van der Waals surface area contributed by atoms with Crippen LogP contribution in [-0.2, 0) is 14.4 Å². The molecule has 2 amide bonds. The molecule has 1 aliphatic heterocycles. The first kappa shape index (κ1) is 21.8. The van der Waals surface area contributed by atoms with Crippen molar-refractivity contribution in [1.82, 2.24) is 5.32 Å². The molecule has 0 saturated carbocycles. The molecule has 0 radical (unpaired) electrons. The highest BCUT2D eigenvalue weighted by Gasteiger charge is 2.35. The third-order valence-corrected chi connectivity index (χ3v) is 5.22. The van der Waals surface area contributed by atoms with Gasteiger partial charge in [-0.15, -0.1) is 0 Å². The van der Waals surface area contributed by atoms with Crippen molar-refractivity contribution in [2.45, 2.75) is 13.0 Å². The maximum Gasteiger partial charge on any atom is 0.344 e. The number of carboxylic acids is 1. The number of nitrogens with one attached hydrogen (secondary N) is 1. The molecular weight excluding hydrogens is 451 g/mol. The number of aliphatic carboxylic acids is 1. The zero-order valence-electron chi connectivity index (χ0n) is 15.4. The lowest BCUT2D eigenvalue weighted by molar-refractivity contribution is -0.144. The van der Waals surface area contributed by atoms with E-state index in [-0.39, 0.29) is 26.4 Å². The van der Waals surface area contributed by atoms with E-state index in [1.54, 1.807) is 30.3 Å². The lowest BCUT2D eigenvalue weighted by Crippen LogP contribution is -2.54. The van der Waals surface area contributed by atoms with Crippen molar-refractivity contribution >= 4 is 70.1 Å². The Labute approximate surface area is 186 Å². The largest absolute Gasteiger partial charge is 0.479 e. The summed E-state index contributed by atoms with van der Waals surface area (Å²) in [6.45, 7) is 1.40. The standard InChI is InChI=1S/C20H14Cl2N2O5S/c1-10(19(27)28)29-12-7-5-11(6-8-12)9-13-17(25)23-20(30)24(18(13)26)15-4-2-3-14(21)16(15)22/h2-10H,1H3,(H,27,28)(H,23,25,30)/b13-9+/t10-/m1/s1. The van der Waals surface area contributed by atoms with Gasteiger partial charge < -0.3 is 9.84 Å². The van der Waals surface area contributed by atoms with Crippen LogP contribution in [0.5, 0.6) is 5.75 Å².